The highest BCUT2D eigenvalue weighted by Gasteiger charge is 2.36. The molecule has 10 N–H and O–H groups in total. The van der Waals surface area contributed by atoms with E-state index >= 15 is 0 Å². The number of hydrogen-bond acceptors (Lipinski definition) is 12. The van der Waals surface area contributed by atoms with Crippen molar-refractivity contribution in [2.45, 2.75) is 89.4 Å². The third-order valence-electron chi connectivity index (χ3n) is 10.6. The molecule has 65 heavy (non-hydrogen) atoms. The number of nitrogens with two attached hydrogens (primary N) is 3. The third kappa shape index (κ3) is 14.3. The highest BCUT2D eigenvalue weighted by Crippen LogP contribution is 2.40. The van der Waals surface area contributed by atoms with E-state index < -0.39 is 65.7 Å². The second kappa shape index (κ2) is 25.8. The summed E-state index contributed by atoms with van der Waals surface area (Å²) in [5.74, 6) is -3.17. The number of fused-ring (bicyclic) bond motifs is 5. The van der Waals surface area contributed by atoms with Crippen LogP contribution in [0, 0.1) is 11.3 Å². The molecule has 0 aromatic heterocycles. The Labute approximate surface area is 378 Å². The molecule has 0 unspecified atom stereocenters. The predicted molar refractivity (Wildman–Crippen MR) is 239 cm³/mol. The number of benzene rings is 3. The number of unbranched alkanes of at least 4 members (excludes halogenated alkanes) is 4. The van der Waals surface area contributed by atoms with Crippen molar-refractivity contribution in [3.8, 4) is 34.4 Å². The number of rotatable bonds is 22. The van der Waals surface area contributed by atoms with Gasteiger partial charge < -0.3 is 57.6 Å². The number of carbonyl (C=O) groups is 5. The van der Waals surface area contributed by atoms with Crippen LogP contribution in [0.5, 0.6) is 17.2 Å². The molecule has 1 aliphatic heterocycles. The summed E-state index contributed by atoms with van der Waals surface area (Å²) < 4.78 is 46.7. The summed E-state index contributed by atoms with van der Waals surface area (Å²) in [7, 11) is 1.32. The number of ether oxygens (including phenoxy) is 3. The first kappa shape index (κ1) is 51.3. The standard InChI is InChI=1S/C46H61F2N9O8/c1-4-5-6-7-8-21-63-31-11-12-32(35(27-31)41(47)48)43(59)55-36(15-16-49)46(62)57(3)40-30-10-14-39(65-23-19-52)34(26-30)33-24-29(9-13-38(33)64-22-18-51)25-37(44(60)53-20-17-50)56-42(58)28(2)54-45(40)61/h9-14,24,26-28,36-37,40-41H,4-8,15-16,18-23,25,49,51-52H2,1-3H3,(H,53,60)(H,54,61)(H,55,59)(H,56,58)/t28-,36-,37-,40-/m0/s1. The Hall–Kier alpha value is -6.36. The molecule has 0 aliphatic carbocycles. The Morgan fingerprint density at radius 1 is 0.862 bits per heavy atom. The fraction of sp³-hybridized carbons (Fsp3) is 0.478. The topological polar surface area (TPSA) is 266 Å². The van der Waals surface area contributed by atoms with Crippen LogP contribution in [-0.2, 0) is 25.6 Å². The Morgan fingerprint density at radius 2 is 1.54 bits per heavy atom. The van der Waals surface area contributed by atoms with Gasteiger partial charge in [0.1, 0.15) is 61.2 Å². The Balaban J connectivity index is 1.79. The summed E-state index contributed by atoms with van der Waals surface area (Å²) in [4.78, 5) is 70.9. The minimum absolute atomic E-state index is 0.0312. The lowest BCUT2D eigenvalue weighted by Crippen LogP contribution is -2.56. The zero-order valence-electron chi connectivity index (χ0n) is 37.1. The van der Waals surface area contributed by atoms with Crippen molar-refractivity contribution in [1.29, 1.82) is 5.26 Å². The van der Waals surface area contributed by atoms with Crippen molar-refractivity contribution in [1.82, 2.24) is 26.2 Å². The second-order valence-corrected chi connectivity index (χ2v) is 15.5. The van der Waals surface area contributed by atoms with Gasteiger partial charge in [-0.25, -0.2) is 8.78 Å². The van der Waals surface area contributed by atoms with Gasteiger partial charge in [0.25, 0.3) is 12.3 Å². The van der Waals surface area contributed by atoms with Gasteiger partial charge in [0.2, 0.25) is 23.6 Å². The maximum Gasteiger partial charge on any atom is 0.264 e. The Kier molecular flexibility index (Phi) is 20.4. The third-order valence-corrected chi connectivity index (χ3v) is 10.6. The van der Waals surface area contributed by atoms with E-state index in [4.69, 9.17) is 36.7 Å². The Bertz CT molecular complexity index is 2150. The van der Waals surface area contributed by atoms with Crippen molar-refractivity contribution in [3.63, 3.8) is 0 Å². The summed E-state index contributed by atoms with van der Waals surface area (Å²) >= 11 is 0. The van der Waals surface area contributed by atoms with Crippen molar-refractivity contribution in [2.75, 3.05) is 53.0 Å². The number of likely N-dealkylation sites (N-methyl/N-ethyl adjacent to an activating group) is 1. The van der Waals surface area contributed by atoms with E-state index in [9.17, 15) is 32.8 Å². The Morgan fingerprint density at radius 3 is 2.18 bits per heavy atom. The normalized spacial score (nSPS) is 16.5. The van der Waals surface area contributed by atoms with Gasteiger partial charge in [-0.15, -0.1) is 0 Å². The van der Waals surface area contributed by atoms with Crippen LogP contribution in [0.3, 0.4) is 0 Å². The summed E-state index contributed by atoms with van der Waals surface area (Å²) in [6.45, 7) is 3.90. The molecular formula is C46H61F2N9O8. The number of alkyl halides is 2. The molecule has 19 heteroatoms. The molecule has 3 aromatic carbocycles. The van der Waals surface area contributed by atoms with Crippen LogP contribution in [0.25, 0.3) is 11.1 Å². The van der Waals surface area contributed by atoms with E-state index in [1.165, 1.54) is 26.1 Å². The van der Waals surface area contributed by atoms with Gasteiger partial charge in [-0.1, -0.05) is 44.7 Å². The van der Waals surface area contributed by atoms with Crippen LogP contribution < -0.4 is 52.7 Å². The number of nitrogens with zero attached hydrogens (tertiary/aromatic N) is 2. The molecule has 0 saturated heterocycles. The molecule has 3 aromatic rings. The average molecular weight is 906 g/mol. The van der Waals surface area contributed by atoms with E-state index in [1.807, 2.05) is 6.07 Å². The van der Waals surface area contributed by atoms with Crippen LogP contribution in [0.1, 0.15) is 91.9 Å². The zero-order valence-corrected chi connectivity index (χ0v) is 37.1. The molecule has 4 atom stereocenters. The van der Waals surface area contributed by atoms with E-state index in [0.717, 1.165) is 43.1 Å². The molecule has 0 radical (unpaired) electrons. The molecule has 4 rings (SSSR count). The van der Waals surface area contributed by atoms with Gasteiger partial charge in [-0.2, -0.15) is 5.26 Å². The number of nitrogens with one attached hydrogen (secondary N) is 4. The number of hydrogen-bond donors (Lipinski definition) is 7. The first-order chi connectivity index (χ1) is 31.3. The van der Waals surface area contributed by atoms with Gasteiger partial charge in [-0.05, 0) is 79.9 Å². The van der Waals surface area contributed by atoms with Gasteiger partial charge in [0.15, 0.2) is 0 Å². The van der Waals surface area contributed by atoms with Crippen molar-refractivity contribution in [3.05, 3.63) is 76.9 Å². The van der Waals surface area contributed by atoms with Crippen molar-refractivity contribution < 1.29 is 47.0 Å². The summed E-state index contributed by atoms with van der Waals surface area (Å²) in [6, 6.07) is 10.1. The summed E-state index contributed by atoms with van der Waals surface area (Å²) in [6.07, 6.45) is 1.63. The van der Waals surface area contributed by atoms with Crippen LogP contribution in [0.15, 0.2) is 54.6 Å². The lowest BCUT2D eigenvalue weighted by molar-refractivity contribution is -0.141. The minimum Gasteiger partial charge on any atom is -0.494 e. The highest BCUT2D eigenvalue weighted by molar-refractivity contribution is 6.00. The van der Waals surface area contributed by atoms with Crippen molar-refractivity contribution in [2.24, 2.45) is 17.2 Å². The van der Waals surface area contributed by atoms with Crippen LogP contribution in [-0.4, -0.2) is 106 Å². The highest BCUT2D eigenvalue weighted by atomic mass is 19.3. The first-order valence-electron chi connectivity index (χ1n) is 21.8. The van der Waals surface area contributed by atoms with E-state index in [2.05, 4.69) is 28.2 Å². The molecule has 17 nitrogen and oxygen atoms in total. The lowest BCUT2D eigenvalue weighted by Gasteiger charge is -2.32. The van der Waals surface area contributed by atoms with Crippen LogP contribution in [0.4, 0.5) is 8.78 Å². The number of halogens is 2. The van der Waals surface area contributed by atoms with Crippen molar-refractivity contribution >= 4 is 29.5 Å². The molecule has 4 bridgehead atoms. The quantitative estimate of drug-likeness (QED) is 0.0567. The van der Waals surface area contributed by atoms with Gasteiger partial charge >= 0.3 is 0 Å². The van der Waals surface area contributed by atoms with Crippen LogP contribution in [0.2, 0.25) is 0 Å². The van der Waals surface area contributed by atoms with E-state index in [-0.39, 0.29) is 69.1 Å². The molecule has 0 fully saturated rings. The van der Waals surface area contributed by atoms with Gasteiger partial charge in [0, 0.05) is 48.8 Å². The largest absolute Gasteiger partial charge is 0.494 e. The SMILES string of the molecule is CCCCCCCOc1ccc(C(=O)N[C@@H](CCN)C(=O)N(C)[C@@H]2C(=O)N[C@@H](C)C(=O)N[C@H](C(=O)NCC#N)Cc3ccc(OCCN)c(c3)-c3cc2ccc3OCCN)c(C(F)F)c1. The molecule has 0 saturated carbocycles. The molecule has 1 heterocycles. The summed E-state index contributed by atoms with van der Waals surface area (Å²) in [5.41, 5.74) is 18.2. The fourth-order valence-corrected chi connectivity index (χ4v) is 7.28. The lowest BCUT2D eigenvalue weighted by atomic mass is 9.93. The smallest absolute Gasteiger partial charge is 0.264 e. The average Bonchev–Trinajstić information content (AvgIpc) is 3.29. The monoisotopic (exact) mass is 905 g/mol. The van der Waals surface area contributed by atoms with Gasteiger partial charge in [-0.3, -0.25) is 24.0 Å². The summed E-state index contributed by atoms with van der Waals surface area (Å²) in [5, 5.41) is 19.5. The predicted octanol–water partition coefficient (Wildman–Crippen LogP) is 3.15. The maximum absolute atomic E-state index is 14.6. The second-order valence-electron chi connectivity index (χ2n) is 15.5. The maximum atomic E-state index is 14.6. The van der Waals surface area contributed by atoms with Gasteiger partial charge in [0.05, 0.1) is 12.7 Å². The molecule has 352 valence electrons. The van der Waals surface area contributed by atoms with Crippen LogP contribution >= 0.6 is 0 Å². The van der Waals surface area contributed by atoms with E-state index in [1.54, 1.807) is 36.4 Å². The molecular weight excluding hydrogens is 845 g/mol. The number of amides is 5. The zero-order chi connectivity index (χ0) is 47.5. The number of carbonyl (C=O) groups excluding carboxylic acids is 5. The number of nitriles is 1. The fourth-order valence-electron chi connectivity index (χ4n) is 7.28. The minimum atomic E-state index is -3.06. The molecule has 0 spiro atoms. The molecule has 1 aliphatic rings. The van der Waals surface area contributed by atoms with E-state index in [0.29, 0.717) is 34.8 Å². The molecule has 5 amide bonds. The first-order valence-corrected chi connectivity index (χ1v) is 21.8.